The highest BCUT2D eigenvalue weighted by molar-refractivity contribution is 5.94. The number of nitrogens with two attached hydrogens (primary N) is 1. The Labute approximate surface area is 157 Å². The molecule has 27 heavy (non-hydrogen) atoms. The van der Waals surface area contributed by atoms with E-state index < -0.39 is 60.2 Å². The van der Waals surface area contributed by atoms with E-state index >= 15 is 0 Å². The molecule has 0 aromatic rings. The monoisotopic (exact) mass is 388 g/mol. The second-order valence-electron chi connectivity index (χ2n) is 6.37. The van der Waals surface area contributed by atoms with Crippen LogP contribution in [0.25, 0.3) is 0 Å². The summed E-state index contributed by atoms with van der Waals surface area (Å²) in [5.74, 6) is -4.93. The molecule has 0 aliphatic carbocycles. The van der Waals surface area contributed by atoms with Gasteiger partial charge in [0.15, 0.2) is 0 Å². The van der Waals surface area contributed by atoms with Crippen LogP contribution in [0.1, 0.15) is 40.5 Å². The molecule has 0 aliphatic rings. The minimum Gasteiger partial charge on any atom is -0.481 e. The van der Waals surface area contributed by atoms with E-state index in [0.29, 0.717) is 6.42 Å². The van der Waals surface area contributed by atoms with Gasteiger partial charge in [-0.15, -0.1) is 0 Å². The highest BCUT2D eigenvalue weighted by Gasteiger charge is 2.30. The third-order valence-corrected chi connectivity index (χ3v) is 4.01. The van der Waals surface area contributed by atoms with Gasteiger partial charge >= 0.3 is 11.9 Å². The summed E-state index contributed by atoms with van der Waals surface area (Å²) < 4.78 is 0. The van der Waals surface area contributed by atoms with E-state index in [4.69, 9.17) is 15.9 Å². The third kappa shape index (κ3) is 8.49. The average molecular weight is 388 g/mol. The van der Waals surface area contributed by atoms with Crippen molar-refractivity contribution in [2.75, 3.05) is 0 Å². The fourth-order valence-corrected chi connectivity index (χ4v) is 2.01. The largest absolute Gasteiger partial charge is 0.481 e. The molecule has 11 nitrogen and oxygen atoms in total. The molecule has 0 aromatic carbocycles. The predicted octanol–water partition coefficient (Wildman–Crippen LogP) is -1.59. The Bertz CT molecular complexity index is 581. The number of amides is 3. The third-order valence-electron chi connectivity index (χ3n) is 4.01. The van der Waals surface area contributed by atoms with E-state index in [1.807, 2.05) is 0 Å². The fourth-order valence-electron chi connectivity index (χ4n) is 2.01. The lowest BCUT2D eigenvalue weighted by atomic mass is 9.97. The summed E-state index contributed by atoms with van der Waals surface area (Å²) in [6.45, 7) is 6.16. The lowest BCUT2D eigenvalue weighted by Crippen LogP contribution is -2.57. The summed E-state index contributed by atoms with van der Waals surface area (Å²) in [7, 11) is 0. The molecule has 3 amide bonds. The summed E-state index contributed by atoms with van der Waals surface area (Å²) in [5.41, 5.74) is 5.42. The number of nitrogens with one attached hydrogen (secondary N) is 3. The number of hydrogen-bond donors (Lipinski definition) is 6. The first-order valence-electron chi connectivity index (χ1n) is 8.51. The summed E-state index contributed by atoms with van der Waals surface area (Å²) in [4.78, 5) is 57.9. The van der Waals surface area contributed by atoms with Crippen molar-refractivity contribution >= 4 is 29.7 Å². The van der Waals surface area contributed by atoms with Crippen LogP contribution < -0.4 is 21.7 Å². The number of rotatable bonds is 11. The number of carbonyl (C=O) groups excluding carboxylic acids is 3. The maximum Gasteiger partial charge on any atom is 0.325 e. The van der Waals surface area contributed by atoms with Gasteiger partial charge < -0.3 is 31.9 Å². The Morgan fingerprint density at radius 1 is 0.852 bits per heavy atom. The second-order valence-corrected chi connectivity index (χ2v) is 6.37. The highest BCUT2D eigenvalue weighted by atomic mass is 16.4. The molecule has 0 bridgehead atoms. The smallest absolute Gasteiger partial charge is 0.325 e. The maximum atomic E-state index is 12.3. The van der Waals surface area contributed by atoms with E-state index in [1.54, 1.807) is 13.8 Å². The van der Waals surface area contributed by atoms with Crippen molar-refractivity contribution < 1.29 is 34.2 Å². The molecule has 0 fully saturated rings. The van der Waals surface area contributed by atoms with Crippen LogP contribution in [-0.2, 0) is 24.0 Å². The maximum absolute atomic E-state index is 12.3. The Kier molecular flexibility index (Phi) is 10.0. The normalized spacial score (nSPS) is 16.2. The van der Waals surface area contributed by atoms with Crippen molar-refractivity contribution in [3.63, 3.8) is 0 Å². The Balaban J connectivity index is 4.98. The number of hydrogen-bond acceptors (Lipinski definition) is 6. The number of aliphatic carboxylic acids is 2. The zero-order chi connectivity index (χ0) is 21.3. The summed E-state index contributed by atoms with van der Waals surface area (Å²) in [6.07, 6.45) is -0.0603. The molecule has 0 aromatic heterocycles. The molecule has 5 atom stereocenters. The van der Waals surface area contributed by atoms with E-state index in [1.165, 1.54) is 13.8 Å². The van der Waals surface area contributed by atoms with Gasteiger partial charge in [0, 0.05) is 0 Å². The molecule has 0 saturated heterocycles. The molecule has 0 spiro atoms. The van der Waals surface area contributed by atoms with Crippen LogP contribution in [0.5, 0.6) is 0 Å². The fraction of sp³-hybridized carbons (Fsp3) is 0.688. The lowest BCUT2D eigenvalue weighted by molar-refractivity contribution is -0.142. The first-order valence-corrected chi connectivity index (χ1v) is 8.51. The molecule has 5 unspecified atom stereocenters. The van der Waals surface area contributed by atoms with E-state index in [9.17, 15) is 24.0 Å². The number of carboxylic acid groups (broad SMARTS) is 2. The quantitative estimate of drug-likeness (QED) is 0.244. The first-order chi connectivity index (χ1) is 12.4. The van der Waals surface area contributed by atoms with Gasteiger partial charge in [-0.25, -0.2) is 0 Å². The van der Waals surface area contributed by atoms with E-state index in [2.05, 4.69) is 16.0 Å². The standard InChI is InChI=1S/C16H28N4O7/c1-5-7(2)12(15(25)19-9(4)16(26)27)20-13(23)8(3)18-14(24)10(17)6-11(21)22/h7-10,12H,5-6,17H2,1-4H3,(H,18,24)(H,19,25)(H,20,23)(H,21,22)(H,26,27). The van der Waals surface area contributed by atoms with Gasteiger partial charge in [-0.2, -0.15) is 0 Å². The van der Waals surface area contributed by atoms with E-state index in [-0.39, 0.29) is 5.92 Å². The zero-order valence-corrected chi connectivity index (χ0v) is 15.8. The zero-order valence-electron chi connectivity index (χ0n) is 15.8. The molecule has 0 saturated carbocycles. The van der Waals surface area contributed by atoms with Gasteiger partial charge in [-0.05, 0) is 19.8 Å². The Morgan fingerprint density at radius 3 is 1.81 bits per heavy atom. The van der Waals surface area contributed by atoms with E-state index in [0.717, 1.165) is 0 Å². The molecule has 0 radical (unpaired) electrons. The van der Waals surface area contributed by atoms with Gasteiger partial charge in [0.05, 0.1) is 12.5 Å². The highest BCUT2D eigenvalue weighted by Crippen LogP contribution is 2.09. The molecule has 7 N–H and O–H groups in total. The molecule has 0 aliphatic heterocycles. The summed E-state index contributed by atoms with van der Waals surface area (Å²) in [5, 5.41) is 24.6. The lowest BCUT2D eigenvalue weighted by Gasteiger charge is -2.26. The van der Waals surface area contributed by atoms with Gasteiger partial charge in [0.25, 0.3) is 0 Å². The predicted molar refractivity (Wildman–Crippen MR) is 94.5 cm³/mol. The molecule has 0 heterocycles. The van der Waals surface area contributed by atoms with Crippen molar-refractivity contribution in [1.29, 1.82) is 0 Å². The minimum absolute atomic E-state index is 0.299. The Hall–Kier alpha value is -2.69. The van der Waals surface area contributed by atoms with Crippen molar-refractivity contribution in [3.8, 4) is 0 Å². The van der Waals surface area contributed by atoms with Crippen LogP contribution in [0.2, 0.25) is 0 Å². The molecule has 154 valence electrons. The number of carbonyl (C=O) groups is 5. The van der Waals surface area contributed by atoms with Gasteiger partial charge in [-0.3, -0.25) is 24.0 Å². The van der Waals surface area contributed by atoms with Crippen LogP contribution >= 0.6 is 0 Å². The average Bonchev–Trinajstić information content (AvgIpc) is 2.57. The second kappa shape index (κ2) is 11.1. The number of carboxylic acids is 2. The van der Waals surface area contributed by atoms with Gasteiger partial charge in [0.1, 0.15) is 18.1 Å². The SMILES string of the molecule is CCC(C)C(NC(=O)C(C)NC(=O)C(N)CC(=O)O)C(=O)NC(C)C(=O)O. The van der Waals surface area contributed by atoms with Crippen LogP contribution in [0.15, 0.2) is 0 Å². The van der Waals surface area contributed by atoms with Crippen molar-refractivity contribution in [2.24, 2.45) is 11.7 Å². The van der Waals surface area contributed by atoms with Gasteiger partial charge in [0.2, 0.25) is 17.7 Å². The van der Waals surface area contributed by atoms with Crippen molar-refractivity contribution in [3.05, 3.63) is 0 Å². The van der Waals surface area contributed by atoms with Crippen molar-refractivity contribution in [2.45, 2.75) is 64.7 Å². The molecule has 0 rings (SSSR count). The topological polar surface area (TPSA) is 188 Å². The minimum atomic E-state index is -1.32. The van der Waals surface area contributed by atoms with Crippen LogP contribution in [0, 0.1) is 5.92 Å². The molecular weight excluding hydrogens is 360 g/mol. The van der Waals surface area contributed by atoms with Crippen LogP contribution in [0.3, 0.4) is 0 Å². The van der Waals surface area contributed by atoms with Crippen LogP contribution in [-0.4, -0.2) is 64.0 Å². The summed E-state index contributed by atoms with van der Waals surface area (Å²) in [6, 6.07) is -4.53. The first kappa shape index (κ1) is 24.3. The molecule has 11 heteroatoms. The van der Waals surface area contributed by atoms with Crippen LogP contribution in [0.4, 0.5) is 0 Å². The Morgan fingerprint density at radius 2 is 1.37 bits per heavy atom. The van der Waals surface area contributed by atoms with Crippen molar-refractivity contribution in [1.82, 2.24) is 16.0 Å². The van der Waals surface area contributed by atoms with Gasteiger partial charge in [-0.1, -0.05) is 20.3 Å². The summed E-state index contributed by atoms with van der Waals surface area (Å²) >= 11 is 0. The molecular formula is C16H28N4O7.